The minimum atomic E-state index is 0.426. The SMILES string of the molecule is CC(C)N(CC1CCCN1)c1nccc2occc12. The Labute approximate surface area is 113 Å². The Morgan fingerprint density at radius 1 is 1.47 bits per heavy atom. The molecule has 1 N–H and O–H groups in total. The van der Waals surface area contributed by atoms with E-state index in [9.17, 15) is 0 Å². The summed E-state index contributed by atoms with van der Waals surface area (Å²) >= 11 is 0. The van der Waals surface area contributed by atoms with Gasteiger partial charge in [-0.15, -0.1) is 0 Å². The van der Waals surface area contributed by atoms with E-state index in [-0.39, 0.29) is 0 Å². The van der Waals surface area contributed by atoms with E-state index < -0.39 is 0 Å². The van der Waals surface area contributed by atoms with E-state index in [0.29, 0.717) is 12.1 Å². The zero-order valence-corrected chi connectivity index (χ0v) is 11.6. The maximum absolute atomic E-state index is 5.48. The van der Waals surface area contributed by atoms with Crippen LogP contribution in [0.4, 0.5) is 5.82 Å². The molecule has 1 atom stereocenters. The highest BCUT2D eigenvalue weighted by Crippen LogP contribution is 2.27. The van der Waals surface area contributed by atoms with Gasteiger partial charge >= 0.3 is 0 Å². The van der Waals surface area contributed by atoms with Crippen molar-refractivity contribution in [3.8, 4) is 0 Å². The van der Waals surface area contributed by atoms with Crippen LogP contribution in [0.2, 0.25) is 0 Å². The molecule has 3 heterocycles. The van der Waals surface area contributed by atoms with Gasteiger partial charge in [0, 0.05) is 24.8 Å². The second-order valence-electron chi connectivity index (χ2n) is 5.51. The van der Waals surface area contributed by atoms with Gasteiger partial charge in [-0.1, -0.05) is 0 Å². The van der Waals surface area contributed by atoms with Gasteiger partial charge in [-0.2, -0.15) is 0 Å². The molecule has 4 nitrogen and oxygen atoms in total. The molecule has 2 aromatic heterocycles. The molecule has 102 valence electrons. The number of pyridine rings is 1. The van der Waals surface area contributed by atoms with Gasteiger partial charge in [0.1, 0.15) is 11.4 Å². The molecule has 0 aliphatic carbocycles. The van der Waals surface area contributed by atoms with Crippen LogP contribution in [-0.4, -0.2) is 30.2 Å². The molecule has 1 saturated heterocycles. The van der Waals surface area contributed by atoms with E-state index >= 15 is 0 Å². The molecule has 1 aliphatic heterocycles. The fourth-order valence-corrected chi connectivity index (χ4v) is 2.80. The standard InChI is InChI=1S/C15H21N3O/c1-11(2)18(10-12-4-3-7-16-12)15-13-6-9-19-14(13)5-8-17-15/h5-6,8-9,11-12,16H,3-4,7,10H2,1-2H3. The van der Waals surface area contributed by atoms with Crippen LogP contribution in [-0.2, 0) is 0 Å². The Balaban J connectivity index is 1.92. The van der Waals surface area contributed by atoms with Crippen molar-refractivity contribution in [1.82, 2.24) is 10.3 Å². The summed E-state index contributed by atoms with van der Waals surface area (Å²) in [6, 6.07) is 4.93. The van der Waals surface area contributed by atoms with E-state index in [1.54, 1.807) is 6.26 Å². The first-order valence-corrected chi connectivity index (χ1v) is 7.08. The summed E-state index contributed by atoms with van der Waals surface area (Å²) in [5.41, 5.74) is 0.912. The molecule has 19 heavy (non-hydrogen) atoms. The van der Waals surface area contributed by atoms with Gasteiger partial charge < -0.3 is 14.6 Å². The lowest BCUT2D eigenvalue weighted by molar-refractivity contribution is 0.550. The van der Waals surface area contributed by atoms with Crippen LogP contribution in [0, 0.1) is 0 Å². The molecule has 0 spiro atoms. The largest absolute Gasteiger partial charge is 0.464 e. The van der Waals surface area contributed by atoms with Crippen LogP contribution >= 0.6 is 0 Å². The van der Waals surface area contributed by atoms with Crippen molar-refractivity contribution in [2.24, 2.45) is 0 Å². The highest BCUT2D eigenvalue weighted by atomic mass is 16.3. The Morgan fingerprint density at radius 3 is 3.11 bits per heavy atom. The number of anilines is 1. The van der Waals surface area contributed by atoms with E-state index in [1.807, 2.05) is 18.3 Å². The zero-order valence-electron chi connectivity index (χ0n) is 11.6. The molecule has 0 aromatic carbocycles. The summed E-state index contributed by atoms with van der Waals surface area (Å²) in [6.45, 7) is 6.58. The maximum atomic E-state index is 5.48. The third-order valence-corrected chi connectivity index (χ3v) is 3.83. The number of furan rings is 1. The van der Waals surface area contributed by atoms with Crippen LogP contribution in [0.5, 0.6) is 0 Å². The lowest BCUT2D eigenvalue weighted by Crippen LogP contribution is -2.41. The van der Waals surface area contributed by atoms with Gasteiger partial charge in [0.15, 0.2) is 0 Å². The summed E-state index contributed by atoms with van der Waals surface area (Å²) in [5, 5.41) is 4.67. The van der Waals surface area contributed by atoms with Gasteiger partial charge in [-0.25, -0.2) is 4.98 Å². The molecule has 3 rings (SSSR count). The molecule has 2 aromatic rings. The van der Waals surface area contributed by atoms with Crippen molar-refractivity contribution in [2.45, 2.75) is 38.8 Å². The predicted octanol–water partition coefficient (Wildman–Crippen LogP) is 2.79. The quantitative estimate of drug-likeness (QED) is 0.916. The molecule has 1 unspecified atom stereocenters. The number of fused-ring (bicyclic) bond motifs is 1. The second kappa shape index (κ2) is 5.21. The molecule has 0 bridgehead atoms. The Morgan fingerprint density at radius 2 is 2.37 bits per heavy atom. The number of hydrogen-bond donors (Lipinski definition) is 1. The van der Waals surface area contributed by atoms with Crippen LogP contribution in [0.1, 0.15) is 26.7 Å². The van der Waals surface area contributed by atoms with Crippen molar-refractivity contribution in [2.75, 3.05) is 18.0 Å². The normalized spacial score (nSPS) is 19.4. The molecular formula is C15H21N3O. The predicted molar refractivity (Wildman–Crippen MR) is 77.5 cm³/mol. The lowest BCUT2D eigenvalue weighted by atomic mass is 10.1. The smallest absolute Gasteiger partial charge is 0.139 e. The van der Waals surface area contributed by atoms with E-state index in [1.165, 1.54) is 12.8 Å². The number of nitrogens with one attached hydrogen (secondary N) is 1. The van der Waals surface area contributed by atoms with Crippen LogP contribution in [0.15, 0.2) is 29.0 Å². The minimum Gasteiger partial charge on any atom is -0.464 e. The van der Waals surface area contributed by atoms with Crippen molar-refractivity contribution in [1.29, 1.82) is 0 Å². The Kier molecular flexibility index (Phi) is 3.42. The van der Waals surface area contributed by atoms with Crippen molar-refractivity contribution < 1.29 is 4.42 Å². The Bertz CT molecular complexity index is 543. The van der Waals surface area contributed by atoms with Crippen LogP contribution in [0.3, 0.4) is 0 Å². The topological polar surface area (TPSA) is 41.3 Å². The molecular weight excluding hydrogens is 238 g/mol. The second-order valence-corrected chi connectivity index (χ2v) is 5.51. The fraction of sp³-hybridized carbons (Fsp3) is 0.533. The highest BCUT2D eigenvalue weighted by molar-refractivity contribution is 5.88. The minimum absolute atomic E-state index is 0.426. The number of nitrogens with zero attached hydrogens (tertiary/aromatic N) is 2. The Hall–Kier alpha value is -1.55. The van der Waals surface area contributed by atoms with Crippen LogP contribution in [0.25, 0.3) is 11.0 Å². The zero-order chi connectivity index (χ0) is 13.2. The average molecular weight is 259 g/mol. The van der Waals surface area contributed by atoms with E-state index in [4.69, 9.17) is 4.42 Å². The van der Waals surface area contributed by atoms with Gasteiger partial charge in [-0.05, 0) is 45.4 Å². The molecule has 0 saturated carbocycles. The van der Waals surface area contributed by atoms with E-state index in [0.717, 1.165) is 29.9 Å². The first-order chi connectivity index (χ1) is 9.25. The van der Waals surface area contributed by atoms with E-state index in [2.05, 4.69) is 29.0 Å². The summed E-state index contributed by atoms with van der Waals surface area (Å²) in [4.78, 5) is 6.96. The third-order valence-electron chi connectivity index (χ3n) is 3.83. The first-order valence-electron chi connectivity index (χ1n) is 7.08. The van der Waals surface area contributed by atoms with Gasteiger partial charge in [0.25, 0.3) is 0 Å². The molecule has 4 heteroatoms. The first kappa shape index (κ1) is 12.5. The molecule has 0 radical (unpaired) electrons. The summed E-state index contributed by atoms with van der Waals surface area (Å²) in [6.07, 6.45) is 6.10. The monoisotopic (exact) mass is 259 g/mol. The van der Waals surface area contributed by atoms with Crippen molar-refractivity contribution >= 4 is 16.8 Å². The van der Waals surface area contributed by atoms with Gasteiger partial charge in [-0.3, -0.25) is 0 Å². The third kappa shape index (κ3) is 2.45. The average Bonchev–Trinajstić information content (AvgIpc) is 3.06. The van der Waals surface area contributed by atoms with Crippen molar-refractivity contribution in [3.05, 3.63) is 24.6 Å². The van der Waals surface area contributed by atoms with Crippen LogP contribution < -0.4 is 10.2 Å². The van der Waals surface area contributed by atoms with Crippen molar-refractivity contribution in [3.63, 3.8) is 0 Å². The summed E-state index contributed by atoms with van der Waals surface area (Å²) < 4.78 is 5.48. The summed E-state index contributed by atoms with van der Waals surface area (Å²) in [5.74, 6) is 1.04. The highest BCUT2D eigenvalue weighted by Gasteiger charge is 2.22. The van der Waals surface area contributed by atoms with Gasteiger partial charge in [0.2, 0.25) is 0 Å². The number of hydrogen-bond acceptors (Lipinski definition) is 4. The van der Waals surface area contributed by atoms with Gasteiger partial charge in [0.05, 0.1) is 11.6 Å². The number of rotatable bonds is 4. The lowest BCUT2D eigenvalue weighted by Gasteiger charge is -2.31. The number of aromatic nitrogens is 1. The fourth-order valence-electron chi connectivity index (χ4n) is 2.80. The summed E-state index contributed by atoms with van der Waals surface area (Å²) in [7, 11) is 0. The maximum Gasteiger partial charge on any atom is 0.139 e. The molecule has 1 aliphatic rings. The molecule has 0 amide bonds. The molecule has 1 fully saturated rings.